The van der Waals surface area contributed by atoms with Crippen molar-refractivity contribution in [1.82, 2.24) is 0 Å². The molecule has 2 nitrogen and oxygen atoms in total. The van der Waals surface area contributed by atoms with Crippen molar-refractivity contribution in [2.24, 2.45) is 17.4 Å². The molecule has 1 aliphatic rings. The Kier molecular flexibility index (Phi) is 2.57. The average Bonchev–Trinajstić information content (AvgIpc) is 3.00. The SMILES string of the molecule is Cc1ccc([C@H](N)[C@@H](N)C2CC2)cc1. The Morgan fingerprint density at radius 3 is 2.21 bits per heavy atom. The average molecular weight is 190 g/mol. The van der Waals surface area contributed by atoms with E-state index in [-0.39, 0.29) is 12.1 Å². The molecule has 0 spiro atoms. The van der Waals surface area contributed by atoms with Gasteiger partial charge in [0.15, 0.2) is 0 Å². The summed E-state index contributed by atoms with van der Waals surface area (Å²) in [5.74, 6) is 0.659. The van der Waals surface area contributed by atoms with Crippen LogP contribution in [-0.2, 0) is 0 Å². The molecule has 2 heteroatoms. The van der Waals surface area contributed by atoms with Crippen molar-refractivity contribution in [2.45, 2.75) is 31.8 Å². The van der Waals surface area contributed by atoms with Crippen LogP contribution in [0.3, 0.4) is 0 Å². The minimum absolute atomic E-state index is 0.00287. The third kappa shape index (κ3) is 1.97. The molecular formula is C12H18N2. The molecule has 1 saturated carbocycles. The minimum atomic E-state index is 0.00287. The molecule has 0 unspecified atom stereocenters. The fraction of sp³-hybridized carbons (Fsp3) is 0.500. The van der Waals surface area contributed by atoms with Gasteiger partial charge in [0.2, 0.25) is 0 Å². The van der Waals surface area contributed by atoms with E-state index in [4.69, 9.17) is 11.5 Å². The van der Waals surface area contributed by atoms with Gasteiger partial charge in [0.25, 0.3) is 0 Å². The summed E-state index contributed by atoms with van der Waals surface area (Å²) in [4.78, 5) is 0. The van der Waals surface area contributed by atoms with Gasteiger partial charge in [0.1, 0.15) is 0 Å². The second kappa shape index (κ2) is 3.71. The first-order valence-electron chi connectivity index (χ1n) is 5.26. The number of hydrogen-bond donors (Lipinski definition) is 2. The maximum absolute atomic E-state index is 6.10. The second-order valence-electron chi connectivity index (χ2n) is 4.35. The molecule has 0 aliphatic heterocycles. The molecule has 0 saturated heterocycles. The zero-order valence-electron chi connectivity index (χ0n) is 8.61. The molecule has 2 rings (SSSR count). The van der Waals surface area contributed by atoms with E-state index in [0.717, 1.165) is 5.56 Å². The number of rotatable bonds is 3. The summed E-state index contributed by atoms with van der Waals surface area (Å²) >= 11 is 0. The Morgan fingerprint density at radius 2 is 1.71 bits per heavy atom. The molecule has 14 heavy (non-hydrogen) atoms. The van der Waals surface area contributed by atoms with Crippen LogP contribution in [0, 0.1) is 12.8 Å². The van der Waals surface area contributed by atoms with Crippen LogP contribution in [0.5, 0.6) is 0 Å². The van der Waals surface area contributed by atoms with Crippen molar-refractivity contribution in [1.29, 1.82) is 0 Å². The summed E-state index contributed by atoms with van der Waals surface area (Å²) in [6.45, 7) is 2.08. The Hall–Kier alpha value is -0.860. The lowest BCUT2D eigenvalue weighted by atomic mass is 9.97. The smallest absolute Gasteiger partial charge is 0.0451 e. The topological polar surface area (TPSA) is 52.0 Å². The molecule has 1 fully saturated rings. The van der Waals surface area contributed by atoms with E-state index in [1.54, 1.807) is 0 Å². The minimum Gasteiger partial charge on any atom is -0.326 e. The van der Waals surface area contributed by atoms with Gasteiger partial charge in [-0.25, -0.2) is 0 Å². The van der Waals surface area contributed by atoms with E-state index < -0.39 is 0 Å². The Bertz CT molecular complexity index is 301. The lowest BCUT2D eigenvalue weighted by molar-refractivity contribution is 0.494. The highest BCUT2D eigenvalue weighted by atomic mass is 14.8. The number of benzene rings is 1. The van der Waals surface area contributed by atoms with E-state index in [2.05, 4.69) is 31.2 Å². The van der Waals surface area contributed by atoms with Gasteiger partial charge in [-0.15, -0.1) is 0 Å². The third-order valence-electron chi connectivity index (χ3n) is 3.04. The lowest BCUT2D eigenvalue weighted by Gasteiger charge is -2.19. The van der Waals surface area contributed by atoms with Crippen LogP contribution >= 0.6 is 0 Å². The molecule has 76 valence electrons. The quantitative estimate of drug-likeness (QED) is 0.762. The molecule has 1 aromatic rings. The Balaban J connectivity index is 2.09. The van der Waals surface area contributed by atoms with Crippen LogP contribution in [-0.4, -0.2) is 6.04 Å². The summed E-state index contributed by atoms with van der Waals surface area (Å²) in [5.41, 5.74) is 14.6. The van der Waals surface area contributed by atoms with Gasteiger partial charge in [-0.1, -0.05) is 29.8 Å². The van der Waals surface area contributed by atoms with Crippen molar-refractivity contribution in [3.8, 4) is 0 Å². The fourth-order valence-electron chi connectivity index (χ4n) is 1.79. The summed E-state index contributed by atoms with van der Waals surface area (Å²) in [6, 6.07) is 8.49. The molecule has 4 N–H and O–H groups in total. The number of nitrogens with two attached hydrogens (primary N) is 2. The maximum Gasteiger partial charge on any atom is 0.0451 e. The normalized spacial score (nSPS) is 20.5. The highest BCUT2D eigenvalue weighted by molar-refractivity contribution is 5.25. The number of hydrogen-bond acceptors (Lipinski definition) is 2. The van der Waals surface area contributed by atoms with Gasteiger partial charge in [-0.2, -0.15) is 0 Å². The highest BCUT2D eigenvalue weighted by Crippen LogP contribution is 2.35. The predicted molar refractivity (Wildman–Crippen MR) is 58.8 cm³/mol. The summed E-state index contributed by atoms with van der Waals surface area (Å²) in [6.07, 6.45) is 2.50. The van der Waals surface area contributed by atoms with Gasteiger partial charge < -0.3 is 11.5 Å². The molecule has 0 radical (unpaired) electrons. The highest BCUT2D eigenvalue weighted by Gasteiger charge is 2.32. The van der Waals surface area contributed by atoms with Gasteiger partial charge in [-0.05, 0) is 31.2 Å². The second-order valence-corrected chi connectivity index (χ2v) is 4.35. The molecule has 0 amide bonds. The summed E-state index contributed by atoms with van der Waals surface area (Å²) in [7, 11) is 0. The van der Waals surface area contributed by atoms with Crippen LogP contribution in [0.15, 0.2) is 24.3 Å². The van der Waals surface area contributed by atoms with Crippen molar-refractivity contribution >= 4 is 0 Å². The monoisotopic (exact) mass is 190 g/mol. The predicted octanol–water partition coefficient (Wildman–Crippen LogP) is 1.73. The van der Waals surface area contributed by atoms with E-state index >= 15 is 0 Å². The van der Waals surface area contributed by atoms with E-state index in [1.807, 2.05) is 0 Å². The zero-order chi connectivity index (χ0) is 10.1. The first-order valence-corrected chi connectivity index (χ1v) is 5.26. The zero-order valence-corrected chi connectivity index (χ0v) is 8.61. The molecule has 0 bridgehead atoms. The fourth-order valence-corrected chi connectivity index (χ4v) is 1.79. The molecule has 0 heterocycles. The Labute approximate surface area is 85.3 Å². The van der Waals surface area contributed by atoms with Gasteiger partial charge in [0, 0.05) is 12.1 Å². The number of aryl methyl sites for hydroxylation is 1. The first-order chi connectivity index (χ1) is 6.68. The molecule has 0 aromatic heterocycles. The van der Waals surface area contributed by atoms with E-state index in [0.29, 0.717) is 5.92 Å². The van der Waals surface area contributed by atoms with E-state index in [9.17, 15) is 0 Å². The lowest BCUT2D eigenvalue weighted by Crippen LogP contribution is -2.35. The van der Waals surface area contributed by atoms with Crippen LogP contribution in [0.1, 0.15) is 30.0 Å². The Morgan fingerprint density at radius 1 is 1.14 bits per heavy atom. The molecular weight excluding hydrogens is 172 g/mol. The molecule has 1 aromatic carbocycles. The summed E-state index contributed by atoms with van der Waals surface area (Å²) < 4.78 is 0. The van der Waals surface area contributed by atoms with Gasteiger partial charge in [0.05, 0.1) is 0 Å². The van der Waals surface area contributed by atoms with Crippen LogP contribution in [0.25, 0.3) is 0 Å². The first kappa shape index (κ1) is 9.69. The van der Waals surface area contributed by atoms with Gasteiger partial charge >= 0.3 is 0 Å². The van der Waals surface area contributed by atoms with Crippen LogP contribution in [0.4, 0.5) is 0 Å². The standard InChI is InChI=1S/C12H18N2/c1-8-2-4-9(5-3-8)11(13)12(14)10-6-7-10/h2-5,10-12H,6-7,13-14H2,1H3/t11-,12-/m0/s1. The van der Waals surface area contributed by atoms with Crippen molar-refractivity contribution in [3.63, 3.8) is 0 Å². The third-order valence-corrected chi connectivity index (χ3v) is 3.04. The maximum atomic E-state index is 6.10. The van der Waals surface area contributed by atoms with E-state index in [1.165, 1.54) is 18.4 Å². The van der Waals surface area contributed by atoms with Crippen molar-refractivity contribution in [3.05, 3.63) is 35.4 Å². The largest absolute Gasteiger partial charge is 0.326 e. The van der Waals surface area contributed by atoms with Crippen molar-refractivity contribution < 1.29 is 0 Å². The van der Waals surface area contributed by atoms with Crippen LogP contribution < -0.4 is 11.5 Å². The van der Waals surface area contributed by atoms with Gasteiger partial charge in [-0.3, -0.25) is 0 Å². The molecule has 2 atom stereocenters. The summed E-state index contributed by atoms with van der Waals surface area (Å²) in [5, 5.41) is 0. The van der Waals surface area contributed by atoms with Crippen LogP contribution in [0.2, 0.25) is 0 Å². The van der Waals surface area contributed by atoms with Crippen molar-refractivity contribution in [2.75, 3.05) is 0 Å². The molecule has 1 aliphatic carbocycles.